The smallest absolute Gasteiger partial charge is 0.392 e. The van der Waals surface area contributed by atoms with Gasteiger partial charge in [-0.15, -0.1) is 0 Å². The van der Waals surface area contributed by atoms with Crippen molar-refractivity contribution < 1.29 is 27.4 Å². The molecule has 3 heterocycles. The fourth-order valence-corrected chi connectivity index (χ4v) is 2.62. The molecular weight excluding hydrogens is 427 g/mol. The molecular formula is C21H26F3N5O3. The standard InChI is InChI=1S/C21H26F3N5O3/c1-19(2,3)31-17-13(12-26-18(27-17)32-20(4,5)6)14-11-15(30-10-7-21(22,23)24)16-25-8-9-29(16)28-14/h8-9,11-12H,7,10H2,1-6H3. The monoisotopic (exact) mass is 453 g/mol. The number of imidazole rings is 1. The predicted octanol–water partition coefficient (Wildman–Crippen LogP) is 4.87. The van der Waals surface area contributed by atoms with Gasteiger partial charge in [-0.25, -0.2) is 14.5 Å². The maximum Gasteiger partial charge on any atom is 0.392 e. The van der Waals surface area contributed by atoms with E-state index in [1.807, 2.05) is 41.5 Å². The highest BCUT2D eigenvalue weighted by atomic mass is 19.4. The summed E-state index contributed by atoms with van der Waals surface area (Å²) in [6.45, 7) is 10.6. The highest BCUT2D eigenvalue weighted by molar-refractivity contribution is 5.68. The zero-order chi connectivity index (χ0) is 23.7. The van der Waals surface area contributed by atoms with E-state index in [2.05, 4.69) is 20.1 Å². The van der Waals surface area contributed by atoms with Crippen molar-refractivity contribution in [1.82, 2.24) is 24.6 Å². The summed E-state index contributed by atoms with van der Waals surface area (Å²) in [5.74, 6) is 0.376. The lowest BCUT2D eigenvalue weighted by Gasteiger charge is -2.24. The fraction of sp³-hybridized carbons (Fsp3) is 0.524. The molecule has 11 heteroatoms. The van der Waals surface area contributed by atoms with Crippen LogP contribution in [0.2, 0.25) is 0 Å². The summed E-state index contributed by atoms with van der Waals surface area (Å²) in [7, 11) is 0. The molecule has 8 nitrogen and oxygen atoms in total. The first-order valence-corrected chi connectivity index (χ1v) is 10.00. The highest BCUT2D eigenvalue weighted by Gasteiger charge is 2.27. The first-order chi connectivity index (χ1) is 14.7. The quantitative estimate of drug-likeness (QED) is 0.526. The van der Waals surface area contributed by atoms with Crippen LogP contribution in [0.25, 0.3) is 16.9 Å². The van der Waals surface area contributed by atoms with Gasteiger partial charge in [0.05, 0.1) is 18.6 Å². The van der Waals surface area contributed by atoms with Crippen molar-refractivity contribution in [2.24, 2.45) is 0 Å². The second kappa shape index (κ2) is 8.44. The third-order valence-corrected chi connectivity index (χ3v) is 3.78. The number of hydrogen-bond acceptors (Lipinski definition) is 7. The summed E-state index contributed by atoms with van der Waals surface area (Å²) in [4.78, 5) is 12.8. The van der Waals surface area contributed by atoms with Gasteiger partial charge in [0.15, 0.2) is 11.4 Å². The van der Waals surface area contributed by atoms with Crippen LogP contribution in [-0.4, -0.2) is 48.6 Å². The summed E-state index contributed by atoms with van der Waals surface area (Å²) >= 11 is 0. The Morgan fingerprint density at radius 3 is 2.28 bits per heavy atom. The van der Waals surface area contributed by atoms with E-state index in [1.165, 1.54) is 23.0 Å². The third kappa shape index (κ3) is 6.44. The molecule has 3 aromatic heterocycles. The van der Waals surface area contributed by atoms with Crippen LogP contribution in [0.5, 0.6) is 17.6 Å². The summed E-state index contributed by atoms with van der Waals surface area (Å²) in [5, 5.41) is 4.47. The van der Waals surface area contributed by atoms with E-state index in [0.717, 1.165) is 0 Å². The summed E-state index contributed by atoms with van der Waals surface area (Å²) in [5.41, 5.74) is -0.0411. The van der Waals surface area contributed by atoms with Crippen molar-refractivity contribution in [3.8, 4) is 28.9 Å². The van der Waals surface area contributed by atoms with E-state index in [4.69, 9.17) is 14.2 Å². The molecule has 0 aliphatic heterocycles. The average molecular weight is 453 g/mol. The van der Waals surface area contributed by atoms with Gasteiger partial charge in [0, 0.05) is 24.7 Å². The molecule has 0 saturated heterocycles. The number of aromatic nitrogens is 5. The Bertz CT molecular complexity index is 1080. The molecule has 0 unspecified atom stereocenters. The van der Waals surface area contributed by atoms with Crippen LogP contribution >= 0.6 is 0 Å². The zero-order valence-corrected chi connectivity index (χ0v) is 18.8. The van der Waals surface area contributed by atoms with Gasteiger partial charge >= 0.3 is 12.2 Å². The Kier molecular flexibility index (Phi) is 6.21. The second-order valence-electron chi connectivity index (χ2n) is 9.10. The Morgan fingerprint density at radius 2 is 1.66 bits per heavy atom. The van der Waals surface area contributed by atoms with Crippen molar-refractivity contribution in [1.29, 1.82) is 0 Å². The molecule has 0 N–H and O–H groups in total. The van der Waals surface area contributed by atoms with Crippen molar-refractivity contribution in [3.05, 3.63) is 24.7 Å². The molecule has 3 rings (SSSR count). The summed E-state index contributed by atoms with van der Waals surface area (Å²) in [6, 6.07) is 1.63. The van der Waals surface area contributed by atoms with Crippen LogP contribution in [0.4, 0.5) is 13.2 Å². The average Bonchev–Trinajstić information content (AvgIpc) is 3.06. The molecule has 0 amide bonds. The summed E-state index contributed by atoms with van der Waals surface area (Å²) < 4.78 is 56.3. The predicted molar refractivity (Wildman–Crippen MR) is 111 cm³/mol. The summed E-state index contributed by atoms with van der Waals surface area (Å²) in [6.07, 6.45) is -0.868. The number of rotatable bonds is 6. The van der Waals surface area contributed by atoms with Crippen LogP contribution in [0.1, 0.15) is 48.0 Å². The van der Waals surface area contributed by atoms with Gasteiger partial charge in [-0.3, -0.25) is 0 Å². The maximum atomic E-state index is 12.6. The van der Waals surface area contributed by atoms with Gasteiger partial charge in [-0.1, -0.05) is 0 Å². The van der Waals surface area contributed by atoms with Gasteiger partial charge in [0.1, 0.15) is 16.9 Å². The van der Waals surface area contributed by atoms with Gasteiger partial charge in [-0.2, -0.15) is 23.3 Å². The molecule has 32 heavy (non-hydrogen) atoms. The van der Waals surface area contributed by atoms with Crippen molar-refractivity contribution in [2.45, 2.75) is 65.3 Å². The largest absolute Gasteiger partial charge is 0.489 e. The number of ether oxygens (including phenoxy) is 3. The van der Waals surface area contributed by atoms with Crippen LogP contribution in [0.15, 0.2) is 24.7 Å². The molecule has 0 atom stereocenters. The van der Waals surface area contributed by atoms with E-state index >= 15 is 0 Å². The van der Waals surface area contributed by atoms with Gasteiger partial charge < -0.3 is 14.2 Å². The topological polar surface area (TPSA) is 83.7 Å². The molecule has 0 aromatic carbocycles. The molecule has 0 spiro atoms. The number of fused-ring (bicyclic) bond motifs is 1. The molecule has 0 aliphatic rings. The lowest BCUT2D eigenvalue weighted by molar-refractivity contribution is -0.139. The van der Waals surface area contributed by atoms with Crippen molar-refractivity contribution >= 4 is 5.65 Å². The number of halogens is 3. The number of nitrogens with zero attached hydrogens (tertiary/aromatic N) is 5. The molecule has 0 fully saturated rings. The molecule has 0 radical (unpaired) electrons. The first kappa shape index (κ1) is 23.6. The van der Waals surface area contributed by atoms with E-state index in [-0.39, 0.29) is 17.6 Å². The minimum absolute atomic E-state index is 0.130. The fourth-order valence-electron chi connectivity index (χ4n) is 2.62. The van der Waals surface area contributed by atoms with Crippen LogP contribution in [0, 0.1) is 0 Å². The van der Waals surface area contributed by atoms with Crippen molar-refractivity contribution in [3.63, 3.8) is 0 Å². The normalized spacial score (nSPS) is 12.8. The minimum atomic E-state index is -4.33. The second-order valence-corrected chi connectivity index (χ2v) is 9.10. The Hall–Kier alpha value is -3.11. The van der Waals surface area contributed by atoms with E-state index in [1.54, 1.807) is 6.20 Å². The lowest BCUT2D eigenvalue weighted by atomic mass is 10.1. The Balaban J connectivity index is 2.04. The molecule has 0 bridgehead atoms. The van der Waals surface area contributed by atoms with E-state index in [0.29, 0.717) is 16.9 Å². The SMILES string of the molecule is CC(C)(C)Oc1ncc(-c2cc(OCCC(F)(F)F)c3nccn3n2)c(OC(C)(C)C)n1. The van der Waals surface area contributed by atoms with Crippen molar-refractivity contribution in [2.75, 3.05) is 6.61 Å². The van der Waals surface area contributed by atoms with E-state index in [9.17, 15) is 13.2 Å². The van der Waals surface area contributed by atoms with Gasteiger partial charge in [0.2, 0.25) is 5.88 Å². The molecule has 0 aliphatic carbocycles. The zero-order valence-electron chi connectivity index (χ0n) is 18.8. The molecule has 3 aromatic rings. The van der Waals surface area contributed by atoms with Gasteiger partial charge in [0.25, 0.3) is 0 Å². The molecule has 174 valence electrons. The highest BCUT2D eigenvalue weighted by Crippen LogP contribution is 2.34. The number of alkyl halides is 3. The maximum absolute atomic E-state index is 12.6. The van der Waals surface area contributed by atoms with Crippen LogP contribution in [0.3, 0.4) is 0 Å². The first-order valence-electron chi connectivity index (χ1n) is 10.00. The number of hydrogen-bond donors (Lipinski definition) is 0. The van der Waals surface area contributed by atoms with Crippen LogP contribution in [-0.2, 0) is 0 Å². The van der Waals surface area contributed by atoms with Gasteiger partial charge in [-0.05, 0) is 41.5 Å². The minimum Gasteiger partial charge on any atom is -0.489 e. The Morgan fingerprint density at radius 1 is 0.969 bits per heavy atom. The lowest BCUT2D eigenvalue weighted by Crippen LogP contribution is -2.26. The van der Waals surface area contributed by atoms with E-state index < -0.39 is 30.4 Å². The van der Waals surface area contributed by atoms with Crippen LogP contribution < -0.4 is 14.2 Å². The third-order valence-electron chi connectivity index (χ3n) is 3.78. The molecule has 0 saturated carbocycles. The Labute approximate surface area is 183 Å².